The number of hydrogen-bond donors (Lipinski definition) is 2. The highest BCUT2D eigenvalue weighted by Gasteiger charge is 2.15. The maximum absolute atomic E-state index is 11.8. The Morgan fingerprint density at radius 3 is 2.71 bits per heavy atom. The van der Waals surface area contributed by atoms with E-state index in [1.165, 1.54) is 0 Å². The first-order valence-electron chi connectivity index (χ1n) is 7.12. The lowest BCUT2D eigenvalue weighted by molar-refractivity contribution is -0.122. The molecular formula is C16H21N3O2. The molecule has 112 valence electrons. The topological polar surface area (TPSA) is 81.2 Å². The number of benzene rings is 1. The Hall–Kier alpha value is -2.14. The van der Waals surface area contributed by atoms with E-state index in [1.807, 2.05) is 44.2 Å². The van der Waals surface area contributed by atoms with Gasteiger partial charge in [-0.05, 0) is 20.3 Å². The lowest BCUT2D eigenvalue weighted by Crippen LogP contribution is -2.28. The Morgan fingerprint density at radius 2 is 2.05 bits per heavy atom. The van der Waals surface area contributed by atoms with Crippen molar-refractivity contribution in [2.24, 2.45) is 5.73 Å². The highest BCUT2D eigenvalue weighted by Crippen LogP contribution is 2.22. The van der Waals surface area contributed by atoms with Crippen LogP contribution in [-0.4, -0.2) is 16.9 Å². The van der Waals surface area contributed by atoms with Gasteiger partial charge in [0.05, 0.1) is 6.20 Å². The molecule has 1 heterocycles. The smallest absolute Gasteiger partial charge is 0.220 e. The molecule has 0 aliphatic rings. The Morgan fingerprint density at radius 1 is 1.33 bits per heavy atom. The van der Waals surface area contributed by atoms with Gasteiger partial charge < -0.3 is 15.5 Å². The zero-order valence-electron chi connectivity index (χ0n) is 12.4. The summed E-state index contributed by atoms with van der Waals surface area (Å²) in [5.74, 6) is 1.16. The second kappa shape index (κ2) is 7.04. The van der Waals surface area contributed by atoms with Crippen molar-refractivity contribution < 1.29 is 9.21 Å². The van der Waals surface area contributed by atoms with Crippen LogP contribution in [0.2, 0.25) is 0 Å². The first-order valence-corrected chi connectivity index (χ1v) is 7.12. The molecule has 0 saturated carbocycles. The van der Waals surface area contributed by atoms with Crippen LogP contribution in [0.4, 0.5) is 0 Å². The molecule has 0 saturated heterocycles. The normalized spacial score (nSPS) is 13.7. The molecule has 0 radical (unpaired) electrons. The molecule has 0 aliphatic carbocycles. The van der Waals surface area contributed by atoms with Crippen LogP contribution >= 0.6 is 0 Å². The first kappa shape index (κ1) is 15.3. The van der Waals surface area contributed by atoms with E-state index < -0.39 is 0 Å². The Bertz CT molecular complexity index is 578. The summed E-state index contributed by atoms with van der Waals surface area (Å²) in [4.78, 5) is 16.0. The van der Waals surface area contributed by atoms with Gasteiger partial charge in [-0.25, -0.2) is 4.98 Å². The zero-order valence-corrected chi connectivity index (χ0v) is 12.4. The summed E-state index contributed by atoms with van der Waals surface area (Å²) in [5.41, 5.74) is 6.60. The first-order chi connectivity index (χ1) is 10.1. The standard InChI is InChI=1S/C16H21N3O2/c1-11(17)8-9-15(20)19-12(2)16-18-10-14(21-16)13-6-4-3-5-7-13/h3-7,10-12H,8-9,17H2,1-2H3,(H,19,20). The SMILES string of the molecule is CC(N)CCC(=O)NC(C)c1ncc(-c2ccccc2)o1. The summed E-state index contributed by atoms with van der Waals surface area (Å²) in [6, 6.07) is 9.50. The van der Waals surface area contributed by atoms with Gasteiger partial charge >= 0.3 is 0 Å². The number of nitrogens with one attached hydrogen (secondary N) is 1. The van der Waals surface area contributed by atoms with Gasteiger partial charge in [-0.15, -0.1) is 0 Å². The van der Waals surface area contributed by atoms with E-state index in [9.17, 15) is 4.79 Å². The van der Waals surface area contributed by atoms with Gasteiger partial charge in [-0.2, -0.15) is 0 Å². The largest absolute Gasteiger partial charge is 0.438 e. The van der Waals surface area contributed by atoms with Crippen molar-refractivity contribution in [2.75, 3.05) is 0 Å². The van der Waals surface area contributed by atoms with Gasteiger partial charge in [0.25, 0.3) is 0 Å². The Labute approximate surface area is 124 Å². The van der Waals surface area contributed by atoms with Gasteiger partial charge in [0, 0.05) is 18.0 Å². The minimum atomic E-state index is -0.261. The van der Waals surface area contributed by atoms with E-state index in [1.54, 1.807) is 6.20 Å². The van der Waals surface area contributed by atoms with Crippen LogP contribution in [0.3, 0.4) is 0 Å². The molecular weight excluding hydrogens is 266 g/mol. The van der Waals surface area contributed by atoms with Crippen LogP contribution in [0, 0.1) is 0 Å². The van der Waals surface area contributed by atoms with E-state index in [0.29, 0.717) is 24.5 Å². The summed E-state index contributed by atoms with van der Waals surface area (Å²) >= 11 is 0. The molecule has 1 amide bonds. The Balaban J connectivity index is 1.96. The molecule has 5 nitrogen and oxygen atoms in total. The number of hydrogen-bond acceptors (Lipinski definition) is 4. The lowest BCUT2D eigenvalue weighted by Gasteiger charge is -2.11. The third-order valence-corrected chi connectivity index (χ3v) is 3.16. The van der Waals surface area contributed by atoms with E-state index in [0.717, 1.165) is 5.56 Å². The number of carbonyl (C=O) groups is 1. The number of aromatic nitrogens is 1. The maximum Gasteiger partial charge on any atom is 0.220 e. The highest BCUT2D eigenvalue weighted by atomic mass is 16.4. The van der Waals surface area contributed by atoms with Crippen LogP contribution in [0.25, 0.3) is 11.3 Å². The van der Waals surface area contributed by atoms with Crippen molar-refractivity contribution in [3.63, 3.8) is 0 Å². The second-order valence-electron chi connectivity index (χ2n) is 5.23. The average molecular weight is 287 g/mol. The van der Waals surface area contributed by atoms with Gasteiger partial charge in [-0.3, -0.25) is 4.79 Å². The van der Waals surface area contributed by atoms with Crippen molar-refractivity contribution in [3.05, 3.63) is 42.4 Å². The minimum absolute atomic E-state index is 0.0254. The molecule has 2 rings (SSSR count). The summed E-state index contributed by atoms with van der Waals surface area (Å²) in [7, 11) is 0. The molecule has 21 heavy (non-hydrogen) atoms. The number of rotatable bonds is 6. The van der Waals surface area contributed by atoms with E-state index in [4.69, 9.17) is 10.2 Å². The molecule has 3 N–H and O–H groups in total. The fraction of sp³-hybridized carbons (Fsp3) is 0.375. The second-order valence-corrected chi connectivity index (χ2v) is 5.23. The third-order valence-electron chi connectivity index (χ3n) is 3.16. The van der Waals surface area contributed by atoms with E-state index in [2.05, 4.69) is 10.3 Å². The molecule has 1 aromatic carbocycles. The van der Waals surface area contributed by atoms with Crippen molar-refractivity contribution in [1.82, 2.24) is 10.3 Å². The highest BCUT2D eigenvalue weighted by molar-refractivity contribution is 5.76. The molecule has 0 aliphatic heterocycles. The molecule has 0 fully saturated rings. The van der Waals surface area contributed by atoms with Gasteiger partial charge in [0.15, 0.2) is 5.76 Å². The quantitative estimate of drug-likeness (QED) is 0.855. The van der Waals surface area contributed by atoms with Crippen LogP contribution in [0.15, 0.2) is 40.9 Å². The summed E-state index contributed by atoms with van der Waals surface area (Å²) in [6.45, 7) is 3.74. The predicted octanol–water partition coefficient (Wildman–Crippen LogP) is 2.65. The van der Waals surface area contributed by atoms with E-state index in [-0.39, 0.29) is 18.0 Å². The molecule has 2 aromatic rings. The van der Waals surface area contributed by atoms with Crippen LogP contribution in [0.5, 0.6) is 0 Å². The van der Waals surface area contributed by atoms with Crippen molar-refractivity contribution in [2.45, 2.75) is 38.8 Å². The lowest BCUT2D eigenvalue weighted by atomic mass is 10.2. The number of amides is 1. The molecule has 2 unspecified atom stereocenters. The van der Waals surface area contributed by atoms with Crippen LogP contribution in [-0.2, 0) is 4.79 Å². The summed E-state index contributed by atoms with van der Waals surface area (Å²) in [6.07, 6.45) is 2.75. The van der Waals surface area contributed by atoms with Crippen LogP contribution < -0.4 is 11.1 Å². The molecule has 2 atom stereocenters. The predicted molar refractivity (Wildman–Crippen MR) is 81.4 cm³/mol. The average Bonchev–Trinajstić information content (AvgIpc) is 2.96. The van der Waals surface area contributed by atoms with Gasteiger partial charge in [-0.1, -0.05) is 30.3 Å². The Kier molecular flexibility index (Phi) is 5.11. The fourth-order valence-electron chi connectivity index (χ4n) is 1.96. The number of carbonyl (C=O) groups excluding carboxylic acids is 1. The van der Waals surface area contributed by atoms with Crippen molar-refractivity contribution in [1.29, 1.82) is 0 Å². The molecule has 0 spiro atoms. The zero-order chi connectivity index (χ0) is 15.2. The van der Waals surface area contributed by atoms with Gasteiger partial charge in [0.2, 0.25) is 11.8 Å². The summed E-state index contributed by atoms with van der Waals surface area (Å²) < 4.78 is 5.71. The van der Waals surface area contributed by atoms with Crippen molar-refractivity contribution >= 4 is 5.91 Å². The maximum atomic E-state index is 11.8. The fourth-order valence-corrected chi connectivity index (χ4v) is 1.96. The third kappa shape index (κ3) is 4.43. The monoisotopic (exact) mass is 287 g/mol. The van der Waals surface area contributed by atoms with Crippen molar-refractivity contribution in [3.8, 4) is 11.3 Å². The number of nitrogens with zero attached hydrogens (tertiary/aromatic N) is 1. The number of oxazole rings is 1. The molecule has 0 bridgehead atoms. The molecule has 5 heteroatoms. The van der Waals surface area contributed by atoms with Gasteiger partial charge in [0.1, 0.15) is 6.04 Å². The summed E-state index contributed by atoms with van der Waals surface area (Å²) in [5, 5.41) is 2.87. The minimum Gasteiger partial charge on any atom is -0.438 e. The van der Waals surface area contributed by atoms with E-state index >= 15 is 0 Å². The number of nitrogens with two attached hydrogens (primary N) is 1. The van der Waals surface area contributed by atoms with Crippen LogP contribution in [0.1, 0.15) is 38.6 Å². The molecule has 1 aromatic heterocycles.